The van der Waals surface area contributed by atoms with E-state index in [1.54, 1.807) is 12.1 Å². The number of hydrogen-bond donors (Lipinski definition) is 1. The van der Waals surface area contributed by atoms with Gasteiger partial charge in [-0.1, -0.05) is 17.7 Å². The van der Waals surface area contributed by atoms with Crippen molar-refractivity contribution in [2.75, 3.05) is 53.0 Å². The number of β-amino-alcohol motifs (C(OH)–C–C–N with tert-alkyl or cyclic N) is 1. The number of nitrogens with zero attached hydrogens (tertiary/aromatic N) is 3. The summed E-state index contributed by atoms with van der Waals surface area (Å²) in [6, 6.07) is 5.62. The highest BCUT2D eigenvalue weighted by molar-refractivity contribution is 7.89. The van der Waals surface area contributed by atoms with E-state index >= 15 is 0 Å². The number of rotatable bonds is 4. The summed E-state index contributed by atoms with van der Waals surface area (Å²) in [4.78, 5) is 16.9. The van der Waals surface area contributed by atoms with E-state index in [1.165, 1.54) is 16.4 Å². The molecule has 1 amide bonds. The molecule has 3 aliphatic heterocycles. The number of likely N-dealkylation sites (N-methyl/N-ethyl adjacent to an activating group) is 1. The van der Waals surface area contributed by atoms with E-state index in [1.807, 2.05) is 11.9 Å². The average molecular weight is 502 g/mol. The van der Waals surface area contributed by atoms with E-state index in [-0.39, 0.29) is 43.1 Å². The predicted molar refractivity (Wildman–Crippen MR) is 123 cm³/mol. The summed E-state index contributed by atoms with van der Waals surface area (Å²) < 4.78 is 40.2. The van der Waals surface area contributed by atoms with Crippen molar-refractivity contribution in [3.8, 4) is 0 Å². The van der Waals surface area contributed by atoms with Gasteiger partial charge < -0.3 is 24.4 Å². The largest absolute Gasteiger partial charge is 0.389 e. The van der Waals surface area contributed by atoms with Crippen LogP contribution in [0.1, 0.15) is 19.3 Å². The molecule has 0 radical (unpaired) electrons. The quantitative estimate of drug-likeness (QED) is 0.651. The monoisotopic (exact) mass is 501 g/mol. The molecule has 9 nitrogen and oxygen atoms in total. The highest BCUT2D eigenvalue weighted by Crippen LogP contribution is 2.32. The molecule has 1 aromatic carbocycles. The minimum Gasteiger partial charge on any atom is -0.389 e. The van der Waals surface area contributed by atoms with Gasteiger partial charge in [0.2, 0.25) is 15.9 Å². The smallest absolute Gasteiger partial charge is 0.243 e. The number of sulfonamides is 1. The van der Waals surface area contributed by atoms with Crippen LogP contribution in [-0.2, 0) is 24.3 Å². The van der Waals surface area contributed by atoms with Crippen molar-refractivity contribution in [2.24, 2.45) is 0 Å². The van der Waals surface area contributed by atoms with E-state index in [4.69, 9.17) is 21.1 Å². The van der Waals surface area contributed by atoms with E-state index in [0.29, 0.717) is 31.0 Å². The van der Waals surface area contributed by atoms with Gasteiger partial charge in [-0.05, 0) is 38.1 Å². The Labute approximate surface area is 200 Å². The highest BCUT2D eigenvalue weighted by Gasteiger charge is 2.43. The second-order valence-corrected chi connectivity index (χ2v) is 11.4. The molecule has 3 fully saturated rings. The molecule has 0 unspecified atom stereocenters. The topological polar surface area (TPSA) is 99.6 Å². The van der Waals surface area contributed by atoms with Crippen LogP contribution in [-0.4, -0.2) is 111 Å². The molecule has 1 N–H and O–H groups in total. The summed E-state index contributed by atoms with van der Waals surface area (Å²) >= 11 is 6.04. The number of ether oxygens (including phenoxy) is 2. The molecule has 0 saturated carbocycles. The Bertz CT molecular complexity index is 940. The summed E-state index contributed by atoms with van der Waals surface area (Å²) in [5.41, 5.74) is 0. The number of fused-ring (bicyclic) bond motifs is 1. The molecule has 0 bridgehead atoms. The van der Waals surface area contributed by atoms with Crippen molar-refractivity contribution in [2.45, 2.75) is 48.5 Å². The predicted octanol–water partition coefficient (Wildman–Crippen LogP) is 0.802. The van der Waals surface area contributed by atoms with Crippen LogP contribution in [0.25, 0.3) is 0 Å². The molecule has 3 saturated heterocycles. The third-order valence-electron chi connectivity index (χ3n) is 6.59. The average Bonchev–Trinajstić information content (AvgIpc) is 2.77. The zero-order valence-corrected chi connectivity index (χ0v) is 20.4. The van der Waals surface area contributed by atoms with E-state index < -0.39 is 28.3 Å². The van der Waals surface area contributed by atoms with Crippen LogP contribution in [0.5, 0.6) is 0 Å². The Morgan fingerprint density at radius 1 is 1.18 bits per heavy atom. The van der Waals surface area contributed by atoms with Crippen molar-refractivity contribution in [3.63, 3.8) is 0 Å². The fourth-order valence-corrected chi connectivity index (χ4v) is 6.73. The summed E-state index contributed by atoms with van der Waals surface area (Å²) in [5.74, 6) is 0.0668. The number of carbonyl (C=O) groups is 1. The molecule has 11 heteroatoms. The molecule has 0 spiro atoms. The number of hydrogen-bond acceptors (Lipinski definition) is 7. The summed E-state index contributed by atoms with van der Waals surface area (Å²) in [6.07, 6.45) is -0.417. The Morgan fingerprint density at radius 3 is 2.67 bits per heavy atom. The van der Waals surface area contributed by atoms with Crippen LogP contribution in [0.15, 0.2) is 29.2 Å². The first-order valence-electron chi connectivity index (χ1n) is 11.4. The maximum Gasteiger partial charge on any atom is 0.243 e. The SMILES string of the molecule is CN1CCN(C(=O)C[C@@H]2CC[C@@H]3[C@H](COC[C@@H](O)CN3S(=O)(=O)c3cccc(Cl)c3)O2)CC1. The second kappa shape index (κ2) is 10.6. The van der Waals surface area contributed by atoms with Crippen LogP contribution >= 0.6 is 11.6 Å². The normalized spacial score (nSPS) is 30.3. The lowest BCUT2D eigenvalue weighted by molar-refractivity contribution is -0.152. The molecule has 184 valence electrons. The molecule has 33 heavy (non-hydrogen) atoms. The first-order chi connectivity index (χ1) is 15.7. The lowest BCUT2D eigenvalue weighted by Gasteiger charge is -2.44. The van der Waals surface area contributed by atoms with Crippen LogP contribution in [0.3, 0.4) is 0 Å². The molecule has 0 aromatic heterocycles. The van der Waals surface area contributed by atoms with E-state index in [0.717, 1.165) is 13.1 Å². The zero-order chi connectivity index (χ0) is 23.6. The van der Waals surface area contributed by atoms with Gasteiger partial charge in [0, 0.05) is 37.7 Å². The Balaban J connectivity index is 1.48. The Kier molecular flexibility index (Phi) is 7.95. The molecular weight excluding hydrogens is 470 g/mol. The highest BCUT2D eigenvalue weighted by atomic mass is 35.5. The van der Waals surface area contributed by atoms with Crippen molar-refractivity contribution in [3.05, 3.63) is 29.3 Å². The third kappa shape index (κ3) is 5.87. The van der Waals surface area contributed by atoms with E-state index in [2.05, 4.69) is 4.90 Å². The first kappa shape index (κ1) is 24.8. The number of aliphatic hydroxyl groups excluding tert-OH is 1. The van der Waals surface area contributed by atoms with Gasteiger partial charge in [0.25, 0.3) is 0 Å². The molecular formula is C22H32ClN3O6S. The fourth-order valence-electron chi connectivity index (χ4n) is 4.71. The maximum atomic E-state index is 13.5. The number of halogens is 1. The van der Waals surface area contributed by atoms with Gasteiger partial charge in [0.15, 0.2) is 0 Å². The van der Waals surface area contributed by atoms with Crippen LogP contribution in [0.4, 0.5) is 0 Å². The van der Waals surface area contributed by atoms with Crippen molar-refractivity contribution in [1.29, 1.82) is 0 Å². The summed E-state index contributed by atoms with van der Waals surface area (Å²) in [7, 11) is -1.87. The van der Waals surface area contributed by atoms with Crippen molar-refractivity contribution >= 4 is 27.5 Å². The third-order valence-corrected chi connectivity index (χ3v) is 8.72. The van der Waals surface area contributed by atoms with Gasteiger partial charge in [-0.3, -0.25) is 4.79 Å². The maximum absolute atomic E-state index is 13.5. The number of piperazine rings is 1. The van der Waals surface area contributed by atoms with Crippen LogP contribution in [0, 0.1) is 0 Å². The number of benzene rings is 1. The molecule has 4 atom stereocenters. The van der Waals surface area contributed by atoms with Gasteiger partial charge in [-0.15, -0.1) is 0 Å². The first-order valence-corrected chi connectivity index (χ1v) is 13.2. The zero-order valence-electron chi connectivity index (χ0n) is 18.8. The van der Waals surface area contributed by atoms with Crippen LogP contribution in [0.2, 0.25) is 5.02 Å². The van der Waals surface area contributed by atoms with Crippen LogP contribution < -0.4 is 0 Å². The molecule has 4 rings (SSSR count). The van der Waals surface area contributed by atoms with Gasteiger partial charge >= 0.3 is 0 Å². The molecule has 0 aliphatic carbocycles. The van der Waals surface area contributed by atoms with Crippen molar-refractivity contribution in [1.82, 2.24) is 14.1 Å². The van der Waals surface area contributed by atoms with Gasteiger partial charge in [-0.25, -0.2) is 8.42 Å². The Hall–Kier alpha value is -1.27. The lowest BCUT2D eigenvalue weighted by atomic mass is 9.96. The fraction of sp³-hybridized carbons (Fsp3) is 0.682. The molecule has 1 aromatic rings. The number of amides is 1. The molecule has 3 heterocycles. The minimum absolute atomic E-state index is 0.0129. The van der Waals surface area contributed by atoms with Gasteiger partial charge in [-0.2, -0.15) is 4.31 Å². The summed E-state index contributed by atoms with van der Waals surface area (Å²) in [5, 5.41) is 10.6. The number of carbonyl (C=O) groups excluding carboxylic acids is 1. The Morgan fingerprint density at radius 2 is 1.94 bits per heavy atom. The minimum atomic E-state index is -3.92. The molecule has 3 aliphatic rings. The lowest BCUT2D eigenvalue weighted by Crippen LogP contribution is -2.57. The van der Waals surface area contributed by atoms with Crippen molar-refractivity contribution < 1.29 is 27.8 Å². The van der Waals surface area contributed by atoms with E-state index in [9.17, 15) is 18.3 Å². The number of aliphatic hydroxyl groups is 1. The standard InChI is InChI=1S/C22H32ClN3O6S/c1-24-7-9-25(10-8-24)22(28)12-18-5-6-20-21(32-18)15-31-14-17(27)13-26(20)33(29,30)19-4-2-3-16(23)11-19/h2-4,11,17-18,20-21,27H,5-10,12-15H2,1H3/t17-,18-,20+,21-/m0/s1. The second-order valence-electron chi connectivity index (χ2n) is 9.05. The summed E-state index contributed by atoms with van der Waals surface area (Å²) in [6.45, 7) is 3.20. The van der Waals surface area contributed by atoms with Gasteiger partial charge in [0.05, 0.1) is 48.9 Å². The van der Waals surface area contributed by atoms with Gasteiger partial charge in [0.1, 0.15) is 0 Å².